The summed E-state index contributed by atoms with van der Waals surface area (Å²) in [6.07, 6.45) is 0.594. The maximum Gasteiger partial charge on any atom is 0.253 e. The number of carbonyl (C=O) groups excluding carboxylic acids is 1. The van der Waals surface area contributed by atoms with Crippen molar-refractivity contribution in [3.8, 4) is 0 Å². The molecule has 2 heterocycles. The molecule has 2 aromatic carbocycles. The van der Waals surface area contributed by atoms with Crippen molar-refractivity contribution in [3.63, 3.8) is 0 Å². The lowest BCUT2D eigenvalue weighted by Gasteiger charge is -2.22. The van der Waals surface area contributed by atoms with Crippen molar-refractivity contribution in [1.82, 2.24) is 19.0 Å². The fraction of sp³-hybridized carbons (Fsp3) is 0.364. The standard InChI is InChI=1S/C22H26N4O3S/c1-16-21(17(2)24(3)23-16)30(28,29)26-12-6-11-25(13-14-26)22(27)20-10-9-18-7-4-5-8-19(18)15-20/h4-5,7-10,15H,6,11-14H2,1-3H3. The number of amides is 1. The summed E-state index contributed by atoms with van der Waals surface area (Å²) >= 11 is 0. The first kappa shape index (κ1) is 20.6. The predicted octanol–water partition coefficient (Wildman–Crippen LogP) is 2.73. The van der Waals surface area contributed by atoms with Gasteiger partial charge < -0.3 is 4.90 Å². The number of sulfonamides is 1. The number of rotatable bonds is 3. The van der Waals surface area contributed by atoms with E-state index in [0.717, 1.165) is 10.8 Å². The molecular formula is C22H26N4O3S. The van der Waals surface area contributed by atoms with Gasteiger partial charge in [0.25, 0.3) is 5.91 Å². The van der Waals surface area contributed by atoms with Crippen molar-refractivity contribution >= 4 is 26.7 Å². The molecule has 30 heavy (non-hydrogen) atoms. The lowest BCUT2D eigenvalue weighted by molar-refractivity contribution is 0.0764. The SMILES string of the molecule is Cc1nn(C)c(C)c1S(=O)(=O)N1CCCN(C(=O)c2ccc3ccccc3c2)CC1. The van der Waals surface area contributed by atoms with Crippen LogP contribution in [0.1, 0.15) is 28.2 Å². The quantitative estimate of drug-likeness (QED) is 0.645. The van der Waals surface area contributed by atoms with E-state index in [1.54, 1.807) is 30.5 Å². The Labute approximate surface area is 176 Å². The van der Waals surface area contributed by atoms with Gasteiger partial charge in [-0.3, -0.25) is 9.48 Å². The maximum absolute atomic E-state index is 13.3. The lowest BCUT2D eigenvalue weighted by Crippen LogP contribution is -2.37. The lowest BCUT2D eigenvalue weighted by atomic mass is 10.1. The van der Waals surface area contributed by atoms with Gasteiger partial charge in [0.05, 0.1) is 11.4 Å². The Kier molecular flexibility index (Phi) is 5.38. The minimum Gasteiger partial charge on any atom is -0.337 e. The molecule has 8 heteroatoms. The Hall–Kier alpha value is -2.71. The summed E-state index contributed by atoms with van der Waals surface area (Å²) < 4.78 is 29.6. The minimum atomic E-state index is -3.66. The van der Waals surface area contributed by atoms with Gasteiger partial charge in [-0.2, -0.15) is 9.40 Å². The van der Waals surface area contributed by atoms with Crippen LogP contribution in [-0.4, -0.2) is 59.5 Å². The predicted molar refractivity (Wildman–Crippen MR) is 116 cm³/mol. The largest absolute Gasteiger partial charge is 0.337 e. The van der Waals surface area contributed by atoms with Crippen molar-refractivity contribution in [2.75, 3.05) is 26.2 Å². The maximum atomic E-state index is 13.3. The fourth-order valence-corrected chi connectivity index (χ4v) is 5.97. The molecule has 7 nitrogen and oxygen atoms in total. The van der Waals surface area contributed by atoms with E-state index in [1.807, 2.05) is 42.5 Å². The Morgan fingerprint density at radius 1 is 0.967 bits per heavy atom. The van der Waals surface area contributed by atoms with Gasteiger partial charge >= 0.3 is 0 Å². The van der Waals surface area contributed by atoms with Crippen LogP contribution in [-0.2, 0) is 17.1 Å². The summed E-state index contributed by atoms with van der Waals surface area (Å²) in [6, 6.07) is 13.6. The Balaban J connectivity index is 1.54. The van der Waals surface area contributed by atoms with Gasteiger partial charge in [-0.05, 0) is 43.2 Å². The average molecular weight is 427 g/mol. The van der Waals surface area contributed by atoms with Gasteiger partial charge in [-0.25, -0.2) is 8.42 Å². The minimum absolute atomic E-state index is 0.0614. The molecule has 1 fully saturated rings. The summed E-state index contributed by atoms with van der Waals surface area (Å²) in [5.41, 5.74) is 1.76. The van der Waals surface area contributed by atoms with Gasteiger partial charge in [-0.1, -0.05) is 30.3 Å². The number of aromatic nitrogens is 2. The van der Waals surface area contributed by atoms with Crippen LogP contribution >= 0.6 is 0 Å². The fourth-order valence-electron chi connectivity index (χ4n) is 4.10. The van der Waals surface area contributed by atoms with E-state index in [9.17, 15) is 13.2 Å². The smallest absolute Gasteiger partial charge is 0.253 e. The highest BCUT2D eigenvalue weighted by molar-refractivity contribution is 7.89. The summed E-state index contributed by atoms with van der Waals surface area (Å²) in [4.78, 5) is 15.1. The van der Waals surface area contributed by atoms with E-state index in [1.165, 1.54) is 4.31 Å². The summed E-state index contributed by atoms with van der Waals surface area (Å²) in [7, 11) is -1.91. The van der Waals surface area contributed by atoms with Crippen molar-refractivity contribution in [2.24, 2.45) is 7.05 Å². The third-order valence-electron chi connectivity index (χ3n) is 5.78. The number of aryl methyl sites for hydroxylation is 2. The Morgan fingerprint density at radius 3 is 2.40 bits per heavy atom. The van der Waals surface area contributed by atoms with Gasteiger partial charge in [-0.15, -0.1) is 0 Å². The van der Waals surface area contributed by atoms with Crippen LogP contribution in [0.3, 0.4) is 0 Å². The monoisotopic (exact) mass is 426 g/mol. The molecule has 0 bridgehead atoms. The van der Waals surface area contributed by atoms with E-state index < -0.39 is 10.0 Å². The molecule has 0 saturated carbocycles. The van der Waals surface area contributed by atoms with Gasteiger partial charge in [0, 0.05) is 38.8 Å². The third kappa shape index (κ3) is 3.61. The highest BCUT2D eigenvalue weighted by Crippen LogP contribution is 2.24. The highest BCUT2D eigenvalue weighted by atomic mass is 32.2. The number of benzene rings is 2. The van der Waals surface area contributed by atoms with Crippen LogP contribution in [0.5, 0.6) is 0 Å². The molecule has 1 amide bonds. The second-order valence-corrected chi connectivity index (χ2v) is 9.61. The number of nitrogens with zero attached hydrogens (tertiary/aromatic N) is 4. The van der Waals surface area contributed by atoms with Gasteiger partial charge in [0.15, 0.2) is 0 Å². The van der Waals surface area contributed by atoms with Crippen molar-refractivity contribution in [1.29, 1.82) is 0 Å². The van der Waals surface area contributed by atoms with E-state index in [4.69, 9.17) is 0 Å². The molecule has 1 aliphatic heterocycles. The zero-order valence-electron chi connectivity index (χ0n) is 17.5. The molecule has 0 spiro atoms. The van der Waals surface area contributed by atoms with Crippen LogP contribution in [0, 0.1) is 13.8 Å². The van der Waals surface area contributed by atoms with E-state index >= 15 is 0 Å². The zero-order chi connectivity index (χ0) is 21.5. The molecule has 4 rings (SSSR count). The molecule has 0 N–H and O–H groups in total. The molecule has 3 aromatic rings. The molecule has 1 aromatic heterocycles. The highest BCUT2D eigenvalue weighted by Gasteiger charge is 2.32. The van der Waals surface area contributed by atoms with Gasteiger partial charge in [0.1, 0.15) is 4.90 Å². The Morgan fingerprint density at radius 2 is 1.70 bits per heavy atom. The molecule has 0 aliphatic carbocycles. The van der Waals surface area contributed by atoms with E-state index in [0.29, 0.717) is 43.0 Å². The molecular weight excluding hydrogens is 400 g/mol. The van der Waals surface area contributed by atoms with Crippen molar-refractivity contribution < 1.29 is 13.2 Å². The number of hydrogen-bond acceptors (Lipinski definition) is 4. The van der Waals surface area contributed by atoms with Crippen LogP contribution < -0.4 is 0 Å². The number of carbonyl (C=O) groups is 1. The van der Waals surface area contributed by atoms with E-state index in [-0.39, 0.29) is 17.3 Å². The van der Waals surface area contributed by atoms with Crippen molar-refractivity contribution in [2.45, 2.75) is 25.2 Å². The molecule has 0 radical (unpaired) electrons. The van der Waals surface area contributed by atoms with Crippen LogP contribution in [0.25, 0.3) is 10.8 Å². The molecule has 1 saturated heterocycles. The third-order valence-corrected chi connectivity index (χ3v) is 7.93. The first-order valence-electron chi connectivity index (χ1n) is 10.1. The number of hydrogen-bond donors (Lipinski definition) is 0. The Bertz CT molecular complexity index is 1220. The molecule has 1 aliphatic rings. The zero-order valence-corrected chi connectivity index (χ0v) is 18.3. The van der Waals surface area contributed by atoms with Gasteiger partial charge in [0.2, 0.25) is 10.0 Å². The summed E-state index contributed by atoms with van der Waals surface area (Å²) in [6.45, 7) is 5.03. The molecule has 0 atom stereocenters. The summed E-state index contributed by atoms with van der Waals surface area (Å²) in [5, 5.41) is 6.35. The van der Waals surface area contributed by atoms with Crippen LogP contribution in [0.15, 0.2) is 47.4 Å². The molecule has 158 valence electrons. The second kappa shape index (κ2) is 7.85. The van der Waals surface area contributed by atoms with E-state index in [2.05, 4.69) is 5.10 Å². The average Bonchev–Trinajstić information content (AvgIpc) is 2.91. The number of fused-ring (bicyclic) bond motifs is 1. The second-order valence-electron chi connectivity index (χ2n) is 7.74. The van der Waals surface area contributed by atoms with Crippen LogP contribution in [0.4, 0.5) is 0 Å². The molecule has 0 unspecified atom stereocenters. The van der Waals surface area contributed by atoms with Crippen LogP contribution in [0.2, 0.25) is 0 Å². The van der Waals surface area contributed by atoms with Crippen molar-refractivity contribution in [3.05, 3.63) is 59.4 Å². The first-order chi connectivity index (χ1) is 14.3. The topological polar surface area (TPSA) is 75.5 Å². The normalized spacial score (nSPS) is 16.0. The first-order valence-corrected chi connectivity index (χ1v) is 11.5. The summed E-state index contributed by atoms with van der Waals surface area (Å²) in [5.74, 6) is -0.0614.